The van der Waals surface area contributed by atoms with Crippen molar-refractivity contribution in [3.8, 4) is 0 Å². The summed E-state index contributed by atoms with van der Waals surface area (Å²) in [5.41, 5.74) is 16.8. The molecule has 0 spiro atoms. The van der Waals surface area contributed by atoms with E-state index in [9.17, 15) is 0 Å². The van der Waals surface area contributed by atoms with Crippen LogP contribution in [-0.4, -0.2) is 0 Å². The lowest BCUT2D eigenvalue weighted by Crippen LogP contribution is -2.17. The molecule has 306 valence electrons. The van der Waals surface area contributed by atoms with E-state index in [2.05, 4.69) is 186 Å². The highest BCUT2D eigenvalue weighted by Crippen LogP contribution is 2.52. The fourth-order valence-electron chi connectivity index (χ4n) is 10.3. The van der Waals surface area contributed by atoms with Crippen molar-refractivity contribution >= 4 is 55.7 Å². The van der Waals surface area contributed by atoms with Crippen LogP contribution in [0.15, 0.2) is 127 Å². The highest BCUT2D eigenvalue weighted by Gasteiger charge is 2.28. The van der Waals surface area contributed by atoms with Gasteiger partial charge in [-0.1, -0.05) is 132 Å². The predicted molar refractivity (Wildman–Crippen MR) is 260 cm³/mol. The number of anilines is 6. The third-order valence-electron chi connectivity index (χ3n) is 14.2. The topological polar surface area (TPSA) is 6.48 Å². The zero-order valence-electron chi connectivity index (χ0n) is 37.2. The molecule has 0 radical (unpaired) electrons. The summed E-state index contributed by atoms with van der Waals surface area (Å²) in [6.45, 7) is 16.0. The third-order valence-corrected chi connectivity index (χ3v) is 14.2. The molecule has 2 saturated carbocycles. The van der Waals surface area contributed by atoms with E-state index in [1.807, 2.05) is 0 Å². The van der Waals surface area contributed by atoms with Crippen LogP contribution < -0.4 is 9.80 Å². The van der Waals surface area contributed by atoms with Crippen molar-refractivity contribution in [2.75, 3.05) is 9.80 Å². The van der Waals surface area contributed by atoms with Crippen LogP contribution >= 0.6 is 0 Å². The normalized spacial score (nSPS) is 15.4. The van der Waals surface area contributed by atoms with Gasteiger partial charge in [0.05, 0.1) is 11.4 Å². The predicted octanol–water partition coefficient (Wildman–Crippen LogP) is 17.6. The standard InChI is InChI=1S/C58H64N2/c1-39-28-31-50(34-41(39)3)59(48-24-16-22-45(36-48)43-18-10-8-11-19-43)56-52-26-14-15-27-53(52)57(55-38-47(58(5,6)7)30-33-54(55)56)60(51-32-29-40(2)42(4)35-51)49-25-17-23-46(37-49)44-20-12-9-13-21-44/h14-17,22-38,43-44H,8-13,18-21H2,1-7H3. The lowest BCUT2D eigenvalue weighted by atomic mass is 9.83. The van der Waals surface area contributed by atoms with Crippen LogP contribution in [-0.2, 0) is 5.41 Å². The zero-order valence-corrected chi connectivity index (χ0v) is 37.2. The minimum atomic E-state index is -0.0362. The molecular weight excluding hydrogens is 725 g/mol. The van der Waals surface area contributed by atoms with Crippen LogP contribution in [0.1, 0.15) is 136 Å². The van der Waals surface area contributed by atoms with Crippen molar-refractivity contribution in [1.82, 2.24) is 0 Å². The van der Waals surface area contributed by atoms with E-state index in [0.717, 1.165) is 0 Å². The Morgan fingerprint density at radius 3 is 1.27 bits per heavy atom. The van der Waals surface area contributed by atoms with Gasteiger partial charge in [-0.25, -0.2) is 0 Å². The molecule has 9 rings (SSSR count). The molecule has 7 aromatic carbocycles. The monoisotopic (exact) mass is 789 g/mol. The molecule has 0 saturated heterocycles. The Labute approximate surface area is 360 Å². The zero-order chi connectivity index (χ0) is 41.5. The van der Waals surface area contributed by atoms with E-state index < -0.39 is 0 Å². The first kappa shape index (κ1) is 40.1. The molecular formula is C58H64N2. The van der Waals surface area contributed by atoms with Crippen LogP contribution in [0.3, 0.4) is 0 Å². The summed E-state index contributed by atoms with van der Waals surface area (Å²) < 4.78 is 0. The Balaban J connectivity index is 1.38. The quantitative estimate of drug-likeness (QED) is 0.112. The molecule has 0 aromatic heterocycles. The van der Waals surface area contributed by atoms with E-state index >= 15 is 0 Å². The number of aryl methyl sites for hydroxylation is 4. The molecule has 0 aliphatic heterocycles. The van der Waals surface area contributed by atoms with Crippen LogP contribution in [0.5, 0.6) is 0 Å². The lowest BCUT2D eigenvalue weighted by Gasteiger charge is -2.34. The number of hydrogen-bond donors (Lipinski definition) is 0. The Bertz CT molecular complexity index is 2660. The minimum absolute atomic E-state index is 0.0362. The molecule has 2 fully saturated rings. The average molecular weight is 789 g/mol. The van der Waals surface area contributed by atoms with Gasteiger partial charge in [-0.2, -0.15) is 0 Å². The summed E-state index contributed by atoms with van der Waals surface area (Å²) in [6, 6.07) is 49.8. The molecule has 2 heteroatoms. The first-order chi connectivity index (χ1) is 29.0. The van der Waals surface area contributed by atoms with Crippen molar-refractivity contribution in [1.29, 1.82) is 0 Å². The Morgan fingerprint density at radius 2 is 0.817 bits per heavy atom. The van der Waals surface area contributed by atoms with E-state index in [1.54, 1.807) is 0 Å². The van der Waals surface area contributed by atoms with Crippen molar-refractivity contribution in [2.45, 2.75) is 130 Å². The van der Waals surface area contributed by atoms with Gasteiger partial charge in [0.2, 0.25) is 0 Å². The second-order valence-electron chi connectivity index (χ2n) is 19.3. The number of nitrogens with zero attached hydrogens (tertiary/aromatic N) is 2. The maximum atomic E-state index is 2.60. The van der Waals surface area contributed by atoms with Crippen molar-refractivity contribution in [2.24, 2.45) is 0 Å². The second kappa shape index (κ2) is 16.6. The fraction of sp³-hybridized carbons (Fsp3) is 0.345. The van der Waals surface area contributed by atoms with Gasteiger partial charge in [0.15, 0.2) is 0 Å². The molecule has 0 bridgehead atoms. The molecule has 2 aliphatic carbocycles. The average Bonchev–Trinajstić information content (AvgIpc) is 3.27. The van der Waals surface area contributed by atoms with Crippen LogP contribution in [0.25, 0.3) is 21.5 Å². The van der Waals surface area contributed by atoms with Gasteiger partial charge in [-0.05, 0) is 164 Å². The summed E-state index contributed by atoms with van der Waals surface area (Å²) in [7, 11) is 0. The molecule has 0 atom stereocenters. The van der Waals surface area contributed by atoms with Crippen molar-refractivity contribution < 1.29 is 0 Å². The van der Waals surface area contributed by atoms with E-state index in [0.29, 0.717) is 11.8 Å². The largest absolute Gasteiger partial charge is 0.309 e. The lowest BCUT2D eigenvalue weighted by molar-refractivity contribution is 0.443. The van der Waals surface area contributed by atoms with E-state index in [4.69, 9.17) is 0 Å². The molecule has 0 unspecified atom stereocenters. The molecule has 0 amide bonds. The molecule has 2 aliphatic rings. The third kappa shape index (κ3) is 7.75. The van der Waals surface area contributed by atoms with Crippen LogP contribution in [0.4, 0.5) is 34.1 Å². The van der Waals surface area contributed by atoms with Gasteiger partial charge in [-0.15, -0.1) is 0 Å². The first-order valence-electron chi connectivity index (χ1n) is 23.0. The number of rotatable bonds is 8. The fourth-order valence-corrected chi connectivity index (χ4v) is 10.3. The van der Waals surface area contributed by atoms with Crippen molar-refractivity contribution in [3.63, 3.8) is 0 Å². The van der Waals surface area contributed by atoms with Gasteiger partial charge in [0, 0.05) is 44.3 Å². The maximum Gasteiger partial charge on any atom is 0.0620 e. The molecule has 2 nitrogen and oxygen atoms in total. The SMILES string of the molecule is Cc1ccc(N(c2cccc(C3CCCCC3)c2)c2c3ccccc3c(N(c3cccc(C4CCCCC4)c3)c3ccc(C)c(C)c3)c3cc(C(C)(C)C)ccc23)cc1C. The summed E-state index contributed by atoms with van der Waals surface area (Å²) in [6.07, 6.45) is 13.1. The smallest absolute Gasteiger partial charge is 0.0620 e. The van der Waals surface area contributed by atoms with Gasteiger partial charge >= 0.3 is 0 Å². The molecule has 60 heavy (non-hydrogen) atoms. The van der Waals surface area contributed by atoms with Gasteiger partial charge in [0.25, 0.3) is 0 Å². The van der Waals surface area contributed by atoms with Crippen LogP contribution in [0, 0.1) is 27.7 Å². The van der Waals surface area contributed by atoms with E-state index in [-0.39, 0.29) is 5.41 Å². The molecule has 0 N–H and O–H groups in total. The Kier molecular flexibility index (Phi) is 11.1. The Morgan fingerprint density at radius 1 is 0.383 bits per heavy atom. The number of fused-ring (bicyclic) bond motifs is 2. The van der Waals surface area contributed by atoms with Gasteiger partial charge in [0.1, 0.15) is 0 Å². The Hall–Kier alpha value is -5.34. The highest BCUT2D eigenvalue weighted by molar-refractivity contribution is 6.23. The van der Waals surface area contributed by atoms with E-state index in [1.165, 1.54) is 159 Å². The minimum Gasteiger partial charge on any atom is -0.309 e. The maximum absolute atomic E-state index is 2.60. The van der Waals surface area contributed by atoms with Gasteiger partial charge < -0.3 is 9.80 Å². The highest BCUT2D eigenvalue weighted by atomic mass is 15.2. The first-order valence-corrected chi connectivity index (χ1v) is 23.0. The molecule has 7 aromatic rings. The molecule has 0 heterocycles. The summed E-state index contributed by atoms with van der Waals surface area (Å²) in [5.74, 6) is 1.22. The van der Waals surface area contributed by atoms with Crippen LogP contribution in [0.2, 0.25) is 0 Å². The second-order valence-corrected chi connectivity index (χ2v) is 19.3. The number of benzene rings is 7. The number of hydrogen-bond acceptors (Lipinski definition) is 2. The summed E-state index contributed by atoms with van der Waals surface area (Å²) >= 11 is 0. The van der Waals surface area contributed by atoms with Gasteiger partial charge in [-0.3, -0.25) is 0 Å². The summed E-state index contributed by atoms with van der Waals surface area (Å²) in [5, 5.41) is 5.04. The summed E-state index contributed by atoms with van der Waals surface area (Å²) in [4.78, 5) is 5.19. The van der Waals surface area contributed by atoms with Crippen molar-refractivity contribution in [3.05, 3.63) is 166 Å².